The number of esters is 1. The summed E-state index contributed by atoms with van der Waals surface area (Å²) in [6, 6.07) is 1.15. The fourth-order valence-corrected chi connectivity index (χ4v) is 3.92. The molecule has 11 nitrogen and oxygen atoms in total. The van der Waals surface area contributed by atoms with Crippen molar-refractivity contribution in [2.45, 2.75) is 31.3 Å². The summed E-state index contributed by atoms with van der Waals surface area (Å²) in [5.74, 6) is -4.79. The number of ether oxygens (including phenoxy) is 2. The van der Waals surface area contributed by atoms with E-state index in [0.717, 1.165) is 12.3 Å². The maximum Gasteiger partial charge on any atom is 0.476 e. The predicted octanol–water partition coefficient (Wildman–Crippen LogP) is 0.461. The van der Waals surface area contributed by atoms with E-state index >= 15 is 0 Å². The van der Waals surface area contributed by atoms with Crippen molar-refractivity contribution in [3.05, 3.63) is 22.7 Å². The van der Waals surface area contributed by atoms with Gasteiger partial charge in [-0.05, 0) is 13.0 Å². The Morgan fingerprint density at radius 2 is 2.30 bits per heavy atom. The molecule has 1 aromatic heterocycles. The molecule has 2 aliphatic heterocycles. The first kappa shape index (κ1) is 19.8. The Hall–Kier alpha value is -1.92. The number of fused-ring (bicyclic) bond motifs is 1. The van der Waals surface area contributed by atoms with Gasteiger partial charge in [-0.3, -0.25) is 18.1 Å². The number of halogens is 2. The van der Waals surface area contributed by atoms with E-state index in [1.165, 1.54) is 0 Å². The largest absolute Gasteiger partial charge is 0.476 e. The van der Waals surface area contributed by atoms with Crippen LogP contribution in [0, 0.1) is 0 Å². The number of alkyl halides is 2. The van der Waals surface area contributed by atoms with E-state index in [2.05, 4.69) is 9.72 Å². The van der Waals surface area contributed by atoms with Crippen molar-refractivity contribution in [2.24, 2.45) is 0 Å². The van der Waals surface area contributed by atoms with Gasteiger partial charge in [0.2, 0.25) is 6.23 Å². The van der Waals surface area contributed by atoms with Crippen LogP contribution in [0.3, 0.4) is 0 Å². The number of nitrogens with two attached hydrogens (primary N) is 1. The van der Waals surface area contributed by atoms with Crippen LogP contribution in [0.15, 0.2) is 17.1 Å². The van der Waals surface area contributed by atoms with E-state index in [4.69, 9.17) is 24.0 Å². The second kappa shape index (κ2) is 7.24. The van der Waals surface area contributed by atoms with Gasteiger partial charge in [-0.1, -0.05) is 0 Å². The molecule has 0 bridgehead atoms. The second-order valence-electron chi connectivity index (χ2n) is 5.59. The maximum atomic E-state index is 14.8. The Labute approximate surface area is 150 Å². The molecule has 4 atom stereocenters. The van der Waals surface area contributed by atoms with Crippen LogP contribution >= 0.6 is 7.82 Å². The number of nitrogen functional groups attached to an aromatic ring is 1. The normalized spacial score (nSPS) is 32.0. The van der Waals surface area contributed by atoms with Crippen molar-refractivity contribution in [1.29, 1.82) is 0 Å². The van der Waals surface area contributed by atoms with E-state index in [1.807, 2.05) is 0 Å². The van der Waals surface area contributed by atoms with Crippen LogP contribution in [-0.2, 0) is 32.4 Å². The molecule has 0 saturated carbocycles. The van der Waals surface area contributed by atoms with Gasteiger partial charge in [0.15, 0.2) is 12.7 Å². The molecule has 1 unspecified atom stereocenters. The standard InChI is InChI=1S/C13H16F2N3O8P/c1-2-22-9(19)6-24-27(21)23-5-7-10(26-27)13(14,15)11(25-7)18-4-3-8(16)17-12(18)20/h3-4,7,10-11H,2,5-6H2,1H3,(H2,16,17,20)/t7-,10-,11-,27?/m1/s1. The number of carbonyl (C=O) groups is 1. The van der Waals surface area contributed by atoms with Crippen molar-refractivity contribution in [3.8, 4) is 0 Å². The molecule has 3 rings (SSSR count). The van der Waals surface area contributed by atoms with Gasteiger partial charge < -0.3 is 15.2 Å². The summed E-state index contributed by atoms with van der Waals surface area (Å²) in [7, 11) is -4.46. The molecule has 0 radical (unpaired) electrons. The lowest BCUT2D eigenvalue weighted by Gasteiger charge is -2.31. The highest BCUT2D eigenvalue weighted by Gasteiger charge is 2.65. The summed E-state index contributed by atoms with van der Waals surface area (Å²) in [5.41, 5.74) is 4.28. The lowest BCUT2D eigenvalue weighted by atomic mass is 10.1. The zero-order valence-electron chi connectivity index (χ0n) is 13.9. The molecule has 0 aliphatic carbocycles. The Balaban J connectivity index is 1.77. The number of anilines is 1. The molecule has 2 saturated heterocycles. The third-order valence-corrected chi connectivity index (χ3v) is 5.14. The SMILES string of the molecule is CCOC(=O)COP1(=O)OC[C@H]2O[C@@H](n3ccc(N)nc3=O)C(F)(F)[C@@H]2O1. The fraction of sp³-hybridized carbons (Fsp3) is 0.615. The highest BCUT2D eigenvalue weighted by atomic mass is 31.2. The average molecular weight is 411 g/mol. The Morgan fingerprint density at radius 3 is 2.96 bits per heavy atom. The number of phosphoric acid groups is 1. The van der Waals surface area contributed by atoms with Crippen LogP contribution < -0.4 is 11.4 Å². The zero-order chi connectivity index (χ0) is 19.8. The van der Waals surface area contributed by atoms with Gasteiger partial charge in [0.05, 0.1) is 13.2 Å². The summed E-state index contributed by atoms with van der Waals surface area (Å²) in [6.45, 7) is 0.230. The third kappa shape index (κ3) is 3.87. The average Bonchev–Trinajstić information content (AvgIpc) is 2.84. The molecular weight excluding hydrogens is 395 g/mol. The molecule has 2 aliphatic rings. The number of hydrogen-bond acceptors (Lipinski definition) is 10. The summed E-state index contributed by atoms with van der Waals surface area (Å²) in [5, 5.41) is 0. The Morgan fingerprint density at radius 1 is 1.56 bits per heavy atom. The minimum absolute atomic E-state index is 0.0525. The van der Waals surface area contributed by atoms with Gasteiger partial charge in [0.25, 0.3) is 0 Å². The topological polar surface area (TPSA) is 141 Å². The second-order valence-corrected chi connectivity index (χ2v) is 7.21. The predicted molar refractivity (Wildman–Crippen MR) is 82.8 cm³/mol. The van der Waals surface area contributed by atoms with E-state index in [9.17, 15) is 22.9 Å². The fourth-order valence-electron chi connectivity index (χ4n) is 2.57. The number of hydrogen-bond donors (Lipinski definition) is 1. The van der Waals surface area contributed by atoms with E-state index in [-0.39, 0.29) is 12.4 Å². The molecule has 1 aromatic rings. The van der Waals surface area contributed by atoms with Crippen molar-refractivity contribution < 1.29 is 41.2 Å². The molecule has 2 N–H and O–H groups in total. The summed E-state index contributed by atoms with van der Waals surface area (Å²) >= 11 is 0. The minimum atomic E-state index is -4.46. The van der Waals surface area contributed by atoms with Crippen LogP contribution in [-0.4, -0.2) is 53.5 Å². The van der Waals surface area contributed by atoms with Crippen LogP contribution in [0.5, 0.6) is 0 Å². The highest BCUT2D eigenvalue weighted by molar-refractivity contribution is 7.48. The number of phosphoric ester groups is 1. The van der Waals surface area contributed by atoms with E-state index in [0.29, 0.717) is 4.57 Å². The Kier molecular flexibility index (Phi) is 5.32. The van der Waals surface area contributed by atoms with Gasteiger partial charge in [0.1, 0.15) is 11.9 Å². The lowest BCUT2D eigenvalue weighted by Crippen LogP contribution is -2.45. The van der Waals surface area contributed by atoms with Gasteiger partial charge in [-0.25, -0.2) is 14.2 Å². The summed E-state index contributed by atoms with van der Waals surface area (Å²) in [6.07, 6.45) is -4.44. The van der Waals surface area contributed by atoms with Crippen LogP contribution in [0.1, 0.15) is 13.2 Å². The molecule has 2 fully saturated rings. The van der Waals surface area contributed by atoms with Crippen molar-refractivity contribution >= 4 is 19.6 Å². The molecule has 14 heteroatoms. The number of carbonyl (C=O) groups excluding carboxylic acids is 1. The quantitative estimate of drug-likeness (QED) is 0.536. The number of nitrogens with zero attached hydrogens (tertiary/aromatic N) is 2. The minimum Gasteiger partial charge on any atom is -0.464 e. The maximum absolute atomic E-state index is 14.8. The smallest absolute Gasteiger partial charge is 0.464 e. The zero-order valence-corrected chi connectivity index (χ0v) is 14.8. The number of rotatable bonds is 5. The van der Waals surface area contributed by atoms with Crippen LogP contribution in [0.25, 0.3) is 0 Å². The summed E-state index contributed by atoms with van der Waals surface area (Å²) < 4.78 is 66.6. The molecule has 0 aromatic carbocycles. The monoisotopic (exact) mass is 411 g/mol. The molecule has 27 heavy (non-hydrogen) atoms. The highest BCUT2D eigenvalue weighted by Crippen LogP contribution is 2.59. The van der Waals surface area contributed by atoms with Crippen molar-refractivity contribution in [3.63, 3.8) is 0 Å². The van der Waals surface area contributed by atoms with E-state index < -0.39 is 57.1 Å². The molecule has 150 valence electrons. The summed E-state index contributed by atoms with van der Waals surface area (Å²) in [4.78, 5) is 26.5. The number of aromatic nitrogens is 2. The van der Waals surface area contributed by atoms with Crippen molar-refractivity contribution in [2.75, 3.05) is 25.6 Å². The van der Waals surface area contributed by atoms with Crippen molar-refractivity contribution in [1.82, 2.24) is 9.55 Å². The van der Waals surface area contributed by atoms with Crippen LogP contribution in [0.2, 0.25) is 0 Å². The van der Waals surface area contributed by atoms with Gasteiger partial charge in [-0.2, -0.15) is 13.8 Å². The molecule has 0 spiro atoms. The van der Waals surface area contributed by atoms with Gasteiger partial charge in [0, 0.05) is 6.20 Å². The molecular formula is C13H16F2N3O8P. The van der Waals surface area contributed by atoms with Crippen LogP contribution in [0.4, 0.5) is 14.6 Å². The first-order chi connectivity index (χ1) is 12.7. The Bertz CT molecular complexity index is 834. The van der Waals surface area contributed by atoms with E-state index in [1.54, 1.807) is 6.92 Å². The lowest BCUT2D eigenvalue weighted by molar-refractivity contribution is -0.148. The first-order valence-corrected chi connectivity index (χ1v) is 9.23. The molecule has 3 heterocycles. The molecule has 0 amide bonds. The first-order valence-electron chi connectivity index (χ1n) is 7.77. The van der Waals surface area contributed by atoms with Gasteiger partial charge >= 0.3 is 25.4 Å². The van der Waals surface area contributed by atoms with Gasteiger partial charge in [-0.15, -0.1) is 0 Å². The third-order valence-electron chi connectivity index (χ3n) is 3.74.